The highest BCUT2D eigenvalue weighted by atomic mass is 16.5. The van der Waals surface area contributed by atoms with Crippen LogP contribution in [0.25, 0.3) is 5.65 Å². The summed E-state index contributed by atoms with van der Waals surface area (Å²) >= 11 is 0. The van der Waals surface area contributed by atoms with Crippen molar-refractivity contribution in [2.24, 2.45) is 0 Å². The second kappa shape index (κ2) is 6.24. The Labute approximate surface area is 146 Å². The van der Waals surface area contributed by atoms with Crippen LogP contribution < -0.4 is 4.74 Å². The van der Waals surface area contributed by atoms with E-state index in [4.69, 9.17) is 4.74 Å². The largest absolute Gasteiger partial charge is 0.497 e. The van der Waals surface area contributed by atoms with Crippen LogP contribution in [0.4, 0.5) is 0 Å². The molecule has 0 aliphatic carbocycles. The third-order valence-electron chi connectivity index (χ3n) is 4.97. The van der Waals surface area contributed by atoms with Crippen LogP contribution in [0.2, 0.25) is 0 Å². The van der Waals surface area contributed by atoms with Crippen molar-refractivity contribution in [2.75, 3.05) is 20.2 Å². The van der Waals surface area contributed by atoms with Gasteiger partial charge in [-0.15, -0.1) is 0 Å². The fourth-order valence-electron chi connectivity index (χ4n) is 3.61. The van der Waals surface area contributed by atoms with Crippen molar-refractivity contribution in [1.29, 1.82) is 0 Å². The van der Waals surface area contributed by atoms with Gasteiger partial charge in [-0.2, -0.15) is 0 Å². The number of carbonyl (C=O) groups is 1. The van der Waals surface area contributed by atoms with Gasteiger partial charge in [0, 0.05) is 25.2 Å². The number of pyridine rings is 1. The second-order valence-electron chi connectivity index (χ2n) is 6.48. The highest BCUT2D eigenvalue weighted by molar-refractivity contribution is 5.95. The predicted molar refractivity (Wildman–Crippen MR) is 96.2 cm³/mol. The van der Waals surface area contributed by atoms with Gasteiger partial charge in [0.05, 0.1) is 12.8 Å². The van der Waals surface area contributed by atoms with E-state index in [1.54, 1.807) is 7.11 Å². The number of benzene rings is 1. The third kappa shape index (κ3) is 2.76. The molecule has 0 saturated carbocycles. The molecule has 5 heteroatoms. The molecule has 25 heavy (non-hydrogen) atoms. The van der Waals surface area contributed by atoms with Crippen molar-refractivity contribution in [3.05, 3.63) is 65.6 Å². The number of aryl methyl sites for hydroxylation is 1. The lowest BCUT2D eigenvalue weighted by Gasteiger charge is -2.17. The van der Waals surface area contributed by atoms with E-state index in [1.807, 2.05) is 52.8 Å². The molecule has 128 valence electrons. The maximum Gasteiger partial charge on any atom is 0.272 e. The van der Waals surface area contributed by atoms with E-state index < -0.39 is 0 Å². The maximum absolute atomic E-state index is 13.1. The van der Waals surface area contributed by atoms with E-state index in [-0.39, 0.29) is 5.91 Å². The zero-order valence-electron chi connectivity index (χ0n) is 14.5. The predicted octanol–water partition coefficient (Wildman–Crippen LogP) is 3.28. The van der Waals surface area contributed by atoms with Crippen molar-refractivity contribution >= 4 is 11.6 Å². The van der Waals surface area contributed by atoms with Crippen molar-refractivity contribution in [2.45, 2.75) is 19.3 Å². The number of fused-ring (bicyclic) bond motifs is 1. The van der Waals surface area contributed by atoms with Gasteiger partial charge in [-0.25, -0.2) is 4.98 Å². The number of carbonyl (C=O) groups excluding carboxylic acids is 1. The molecule has 1 aliphatic rings. The SMILES string of the molecule is COc1ccc([C@@H]2CCN(C(=O)c3c(C)nc4ccccn34)C2)cc1. The number of likely N-dealkylation sites (tertiary alicyclic amines) is 1. The number of hydrogen-bond donors (Lipinski definition) is 0. The summed E-state index contributed by atoms with van der Waals surface area (Å²) in [5.41, 5.74) is 3.52. The number of imidazole rings is 1. The molecule has 3 heterocycles. The summed E-state index contributed by atoms with van der Waals surface area (Å²) in [7, 11) is 1.67. The van der Waals surface area contributed by atoms with Gasteiger partial charge in [-0.3, -0.25) is 9.20 Å². The monoisotopic (exact) mass is 335 g/mol. The van der Waals surface area contributed by atoms with Gasteiger partial charge >= 0.3 is 0 Å². The zero-order valence-corrected chi connectivity index (χ0v) is 14.5. The molecule has 0 unspecified atom stereocenters. The van der Waals surface area contributed by atoms with Gasteiger partial charge < -0.3 is 9.64 Å². The average molecular weight is 335 g/mol. The molecule has 3 aromatic rings. The van der Waals surface area contributed by atoms with Gasteiger partial charge in [0.1, 0.15) is 17.1 Å². The third-order valence-corrected chi connectivity index (χ3v) is 4.97. The Bertz CT molecular complexity index is 914. The summed E-state index contributed by atoms with van der Waals surface area (Å²) in [6.45, 7) is 3.41. The summed E-state index contributed by atoms with van der Waals surface area (Å²) in [6.07, 6.45) is 2.88. The number of ether oxygens (including phenoxy) is 1. The Hall–Kier alpha value is -2.82. The number of nitrogens with zero attached hydrogens (tertiary/aromatic N) is 3. The van der Waals surface area contributed by atoms with Crippen LogP contribution in [-0.4, -0.2) is 40.4 Å². The van der Waals surface area contributed by atoms with E-state index in [1.165, 1.54) is 5.56 Å². The Morgan fingerprint density at radius 3 is 2.76 bits per heavy atom. The Balaban J connectivity index is 1.56. The first-order valence-corrected chi connectivity index (χ1v) is 8.54. The summed E-state index contributed by atoms with van der Waals surface area (Å²) in [5.74, 6) is 1.29. The molecule has 2 aromatic heterocycles. The lowest BCUT2D eigenvalue weighted by molar-refractivity contribution is 0.0783. The molecule has 1 saturated heterocycles. The Kier molecular flexibility index (Phi) is 3.92. The van der Waals surface area contributed by atoms with E-state index in [0.717, 1.165) is 36.6 Å². The van der Waals surface area contributed by atoms with Crippen molar-refractivity contribution in [3.8, 4) is 5.75 Å². The van der Waals surface area contributed by atoms with Crippen LogP contribution in [-0.2, 0) is 0 Å². The van der Waals surface area contributed by atoms with Crippen LogP contribution >= 0.6 is 0 Å². The number of amides is 1. The molecule has 1 amide bonds. The molecule has 1 fully saturated rings. The van der Waals surface area contributed by atoms with Crippen molar-refractivity contribution in [1.82, 2.24) is 14.3 Å². The van der Waals surface area contributed by atoms with E-state index in [2.05, 4.69) is 17.1 Å². The standard InChI is InChI=1S/C20H21N3O2/c1-14-19(23-11-4-3-5-18(23)21-14)20(24)22-12-10-16(13-22)15-6-8-17(25-2)9-7-15/h3-9,11,16H,10,12-13H2,1-2H3/t16-/m1/s1. The molecule has 1 atom stereocenters. The molecule has 1 aliphatic heterocycles. The summed E-state index contributed by atoms with van der Waals surface area (Å²) in [4.78, 5) is 19.5. The summed E-state index contributed by atoms with van der Waals surface area (Å²) in [5, 5.41) is 0. The quantitative estimate of drug-likeness (QED) is 0.738. The molecule has 0 spiro atoms. The van der Waals surface area contributed by atoms with Gasteiger partial charge in [0.25, 0.3) is 5.91 Å². The topological polar surface area (TPSA) is 46.8 Å². The van der Waals surface area contributed by atoms with E-state index in [0.29, 0.717) is 11.6 Å². The number of aromatic nitrogens is 2. The van der Waals surface area contributed by atoms with Crippen molar-refractivity contribution < 1.29 is 9.53 Å². The molecule has 0 bridgehead atoms. The van der Waals surface area contributed by atoms with Crippen LogP contribution in [0.5, 0.6) is 5.75 Å². The molecular formula is C20H21N3O2. The smallest absolute Gasteiger partial charge is 0.272 e. The first-order valence-electron chi connectivity index (χ1n) is 8.54. The van der Waals surface area contributed by atoms with Gasteiger partial charge in [0.15, 0.2) is 0 Å². The second-order valence-corrected chi connectivity index (χ2v) is 6.48. The average Bonchev–Trinajstić information content (AvgIpc) is 3.25. The lowest BCUT2D eigenvalue weighted by atomic mass is 9.98. The molecule has 5 nitrogen and oxygen atoms in total. The van der Waals surface area contributed by atoms with Gasteiger partial charge in [-0.1, -0.05) is 18.2 Å². The molecular weight excluding hydrogens is 314 g/mol. The molecule has 0 N–H and O–H groups in total. The van der Waals surface area contributed by atoms with Crippen LogP contribution in [0.15, 0.2) is 48.7 Å². The van der Waals surface area contributed by atoms with Crippen LogP contribution in [0.1, 0.15) is 34.1 Å². The minimum Gasteiger partial charge on any atom is -0.497 e. The number of methoxy groups -OCH3 is 1. The number of hydrogen-bond acceptors (Lipinski definition) is 3. The normalized spacial score (nSPS) is 17.2. The van der Waals surface area contributed by atoms with Crippen LogP contribution in [0, 0.1) is 6.92 Å². The first kappa shape index (κ1) is 15.7. The minimum atomic E-state index is 0.0622. The first-order chi connectivity index (χ1) is 12.2. The lowest BCUT2D eigenvalue weighted by Crippen LogP contribution is -2.30. The Morgan fingerprint density at radius 2 is 2.00 bits per heavy atom. The molecule has 0 radical (unpaired) electrons. The molecule has 1 aromatic carbocycles. The highest BCUT2D eigenvalue weighted by Gasteiger charge is 2.30. The van der Waals surface area contributed by atoms with Gasteiger partial charge in [0.2, 0.25) is 0 Å². The van der Waals surface area contributed by atoms with Gasteiger partial charge in [-0.05, 0) is 43.2 Å². The number of rotatable bonds is 3. The van der Waals surface area contributed by atoms with Crippen LogP contribution in [0.3, 0.4) is 0 Å². The fraction of sp³-hybridized carbons (Fsp3) is 0.300. The van der Waals surface area contributed by atoms with E-state index >= 15 is 0 Å². The van der Waals surface area contributed by atoms with Crippen molar-refractivity contribution in [3.63, 3.8) is 0 Å². The Morgan fingerprint density at radius 1 is 1.20 bits per heavy atom. The highest BCUT2D eigenvalue weighted by Crippen LogP contribution is 2.29. The maximum atomic E-state index is 13.1. The summed E-state index contributed by atoms with van der Waals surface area (Å²) < 4.78 is 7.11. The fourth-order valence-corrected chi connectivity index (χ4v) is 3.61. The summed E-state index contributed by atoms with van der Waals surface area (Å²) in [6, 6.07) is 13.9. The minimum absolute atomic E-state index is 0.0622. The molecule has 4 rings (SSSR count). The zero-order chi connectivity index (χ0) is 17.4. The van der Waals surface area contributed by atoms with E-state index in [9.17, 15) is 4.79 Å².